The molecule has 6 heteroatoms. The molecule has 3 amide bonds. The van der Waals surface area contributed by atoms with Crippen molar-refractivity contribution in [1.29, 1.82) is 0 Å². The summed E-state index contributed by atoms with van der Waals surface area (Å²) in [5.74, 6) is -0.847. The molecular weight excluding hydrogens is 236 g/mol. The van der Waals surface area contributed by atoms with Crippen LogP contribution in [0.3, 0.4) is 0 Å². The maximum atomic E-state index is 11.5. The quantitative estimate of drug-likeness (QED) is 0.626. The van der Waals surface area contributed by atoms with Gasteiger partial charge in [-0.25, -0.2) is 9.59 Å². The number of aliphatic carboxylic acids is 1. The lowest BCUT2D eigenvalue weighted by molar-refractivity contribution is -0.131. The van der Waals surface area contributed by atoms with Crippen LogP contribution in [0.2, 0.25) is 0 Å². The van der Waals surface area contributed by atoms with Gasteiger partial charge in [-0.3, -0.25) is 10.1 Å². The van der Waals surface area contributed by atoms with Crippen LogP contribution in [0.4, 0.5) is 4.79 Å². The van der Waals surface area contributed by atoms with E-state index in [9.17, 15) is 14.4 Å². The lowest BCUT2D eigenvalue weighted by Gasteiger charge is -2.17. The van der Waals surface area contributed by atoms with Crippen molar-refractivity contribution in [2.45, 2.75) is 31.7 Å². The Hall–Kier alpha value is -1.85. The molecule has 3 N–H and O–H groups in total. The largest absolute Gasteiger partial charge is 0.478 e. The Morgan fingerprint density at radius 2 is 1.61 bits per heavy atom. The highest BCUT2D eigenvalue weighted by atomic mass is 16.4. The molecule has 0 aromatic rings. The summed E-state index contributed by atoms with van der Waals surface area (Å²) in [6.07, 6.45) is 6.05. The predicted octanol–water partition coefficient (Wildman–Crippen LogP) is 0.642. The summed E-state index contributed by atoms with van der Waals surface area (Å²) < 4.78 is 0. The van der Waals surface area contributed by atoms with Gasteiger partial charge in [0, 0.05) is 18.2 Å². The van der Waals surface area contributed by atoms with Crippen LogP contribution in [-0.4, -0.2) is 29.1 Å². The molecule has 0 aliphatic heterocycles. The van der Waals surface area contributed by atoms with Crippen LogP contribution < -0.4 is 10.6 Å². The van der Waals surface area contributed by atoms with E-state index in [2.05, 4.69) is 10.6 Å². The second-order valence-electron chi connectivity index (χ2n) is 4.83. The molecule has 0 saturated heterocycles. The third-order valence-electron chi connectivity index (χ3n) is 3.17. The van der Waals surface area contributed by atoms with Gasteiger partial charge in [-0.1, -0.05) is 0 Å². The molecule has 0 aromatic heterocycles. The number of urea groups is 1. The third-order valence-corrected chi connectivity index (χ3v) is 3.17. The second kappa shape index (κ2) is 5.20. The summed E-state index contributed by atoms with van der Waals surface area (Å²) in [5.41, 5.74) is 0. The fraction of sp³-hybridized carbons (Fsp3) is 0.583. The van der Waals surface area contributed by atoms with Crippen LogP contribution in [0.15, 0.2) is 12.2 Å². The average molecular weight is 252 g/mol. The van der Waals surface area contributed by atoms with Gasteiger partial charge < -0.3 is 10.4 Å². The number of hydrogen-bond donors (Lipinski definition) is 3. The monoisotopic (exact) mass is 252 g/mol. The first-order chi connectivity index (χ1) is 8.56. The lowest BCUT2D eigenvalue weighted by Crippen LogP contribution is -2.46. The van der Waals surface area contributed by atoms with Gasteiger partial charge in [-0.15, -0.1) is 0 Å². The number of carboxylic acids is 1. The molecular formula is C12H16N2O4. The van der Waals surface area contributed by atoms with E-state index in [1.54, 1.807) is 0 Å². The van der Waals surface area contributed by atoms with Gasteiger partial charge in [-0.2, -0.15) is 0 Å². The SMILES string of the molecule is O=C(O)C=CC(=O)NC(=O)NC(C1CC1)C1CC1. The number of carboxylic acid groups (broad SMARTS) is 1. The van der Waals surface area contributed by atoms with E-state index < -0.39 is 17.9 Å². The fourth-order valence-electron chi connectivity index (χ4n) is 2.02. The Bertz CT molecular complexity index is 385. The minimum absolute atomic E-state index is 0.168. The highest BCUT2D eigenvalue weighted by molar-refractivity contribution is 6.02. The maximum absolute atomic E-state index is 11.5. The minimum atomic E-state index is -1.22. The molecule has 0 bridgehead atoms. The molecule has 0 atom stereocenters. The smallest absolute Gasteiger partial charge is 0.328 e. The lowest BCUT2D eigenvalue weighted by atomic mass is 10.1. The van der Waals surface area contributed by atoms with E-state index in [1.807, 2.05) is 0 Å². The highest BCUT2D eigenvalue weighted by Crippen LogP contribution is 2.44. The fourth-order valence-corrected chi connectivity index (χ4v) is 2.02. The van der Waals surface area contributed by atoms with Crippen molar-refractivity contribution in [3.63, 3.8) is 0 Å². The van der Waals surface area contributed by atoms with E-state index in [0.29, 0.717) is 17.9 Å². The minimum Gasteiger partial charge on any atom is -0.478 e. The van der Waals surface area contributed by atoms with Gasteiger partial charge in [0.05, 0.1) is 0 Å². The van der Waals surface area contributed by atoms with E-state index >= 15 is 0 Å². The van der Waals surface area contributed by atoms with Crippen LogP contribution in [0, 0.1) is 11.8 Å². The molecule has 0 unspecified atom stereocenters. The third kappa shape index (κ3) is 3.87. The zero-order valence-electron chi connectivity index (χ0n) is 9.89. The molecule has 2 fully saturated rings. The van der Waals surface area contributed by atoms with E-state index in [1.165, 1.54) is 0 Å². The molecule has 0 heterocycles. The van der Waals surface area contributed by atoms with Crippen LogP contribution >= 0.6 is 0 Å². The first-order valence-electron chi connectivity index (χ1n) is 6.08. The van der Waals surface area contributed by atoms with Crippen LogP contribution in [0.1, 0.15) is 25.7 Å². The van der Waals surface area contributed by atoms with Crippen LogP contribution in [0.5, 0.6) is 0 Å². The van der Waals surface area contributed by atoms with Crippen molar-refractivity contribution in [3.8, 4) is 0 Å². The van der Waals surface area contributed by atoms with Gasteiger partial charge in [-0.05, 0) is 37.5 Å². The van der Waals surface area contributed by atoms with Crippen molar-refractivity contribution in [1.82, 2.24) is 10.6 Å². The molecule has 18 heavy (non-hydrogen) atoms. The van der Waals surface area contributed by atoms with Crippen molar-refractivity contribution in [3.05, 3.63) is 12.2 Å². The zero-order valence-corrected chi connectivity index (χ0v) is 9.89. The second-order valence-corrected chi connectivity index (χ2v) is 4.83. The number of nitrogens with one attached hydrogen (secondary N) is 2. The summed E-state index contributed by atoms with van der Waals surface area (Å²) in [6, 6.07) is -0.375. The van der Waals surface area contributed by atoms with Gasteiger partial charge in [0.15, 0.2) is 0 Å². The molecule has 0 aromatic carbocycles. The molecule has 6 nitrogen and oxygen atoms in total. The molecule has 2 saturated carbocycles. The highest BCUT2D eigenvalue weighted by Gasteiger charge is 2.42. The summed E-state index contributed by atoms with van der Waals surface area (Å²) >= 11 is 0. The van der Waals surface area contributed by atoms with Gasteiger partial charge in [0.25, 0.3) is 5.91 Å². The van der Waals surface area contributed by atoms with Gasteiger partial charge in [0.2, 0.25) is 0 Å². The number of amides is 3. The van der Waals surface area contributed by atoms with Crippen molar-refractivity contribution >= 4 is 17.9 Å². The first-order valence-corrected chi connectivity index (χ1v) is 6.08. The normalized spacial score (nSPS) is 18.9. The number of carbonyl (C=O) groups is 3. The number of rotatable bonds is 5. The Kier molecular flexibility index (Phi) is 3.64. The van der Waals surface area contributed by atoms with E-state index in [0.717, 1.165) is 31.8 Å². The molecule has 98 valence electrons. The number of carbonyl (C=O) groups excluding carboxylic acids is 2. The summed E-state index contributed by atoms with van der Waals surface area (Å²) in [5, 5.41) is 13.2. The summed E-state index contributed by atoms with van der Waals surface area (Å²) in [7, 11) is 0. The van der Waals surface area contributed by atoms with Gasteiger partial charge in [0.1, 0.15) is 0 Å². The predicted molar refractivity (Wildman–Crippen MR) is 62.7 cm³/mol. The van der Waals surface area contributed by atoms with E-state index in [-0.39, 0.29) is 6.04 Å². The Balaban J connectivity index is 1.76. The molecule has 2 aliphatic rings. The summed E-state index contributed by atoms with van der Waals surface area (Å²) in [4.78, 5) is 32.9. The van der Waals surface area contributed by atoms with Crippen molar-refractivity contribution < 1.29 is 19.5 Å². The van der Waals surface area contributed by atoms with Crippen molar-refractivity contribution in [2.75, 3.05) is 0 Å². The number of hydrogen-bond acceptors (Lipinski definition) is 3. The van der Waals surface area contributed by atoms with Crippen LogP contribution in [-0.2, 0) is 9.59 Å². The van der Waals surface area contributed by atoms with Gasteiger partial charge >= 0.3 is 12.0 Å². The first kappa shape index (κ1) is 12.6. The summed E-state index contributed by atoms with van der Waals surface area (Å²) in [6.45, 7) is 0. The van der Waals surface area contributed by atoms with E-state index in [4.69, 9.17) is 5.11 Å². The topological polar surface area (TPSA) is 95.5 Å². The zero-order chi connectivity index (χ0) is 13.1. The molecule has 2 aliphatic carbocycles. The maximum Gasteiger partial charge on any atom is 0.328 e. The standard InChI is InChI=1S/C12H16N2O4/c15-9(5-6-10(16)17)13-12(18)14-11(7-1-2-7)8-3-4-8/h5-8,11H,1-4H2,(H,16,17)(H2,13,14,15,18). The number of imide groups is 1. The molecule has 0 spiro atoms. The Morgan fingerprint density at radius 1 is 1.06 bits per heavy atom. The Labute approximate surface area is 104 Å². The molecule has 0 radical (unpaired) electrons. The molecule has 2 rings (SSSR count). The van der Waals surface area contributed by atoms with Crippen LogP contribution in [0.25, 0.3) is 0 Å². The van der Waals surface area contributed by atoms with Crippen molar-refractivity contribution in [2.24, 2.45) is 11.8 Å². The average Bonchev–Trinajstić information content (AvgIpc) is 3.15. The Morgan fingerprint density at radius 3 is 2.06 bits per heavy atom.